The van der Waals surface area contributed by atoms with Crippen LogP contribution in [0, 0.1) is 0 Å². The molecule has 1 aliphatic heterocycles. The van der Waals surface area contributed by atoms with Gasteiger partial charge in [0, 0.05) is 38.6 Å². The van der Waals surface area contributed by atoms with E-state index < -0.39 is 19.8 Å². The van der Waals surface area contributed by atoms with Gasteiger partial charge in [0.05, 0.1) is 27.9 Å². The zero-order valence-corrected chi connectivity index (χ0v) is 23.8. The summed E-state index contributed by atoms with van der Waals surface area (Å²) in [5, 5.41) is 0.890. The molecular weight excluding hydrogens is 549 g/mol. The van der Waals surface area contributed by atoms with Crippen LogP contribution in [0.5, 0.6) is 17.2 Å². The van der Waals surface area contributed by atoms with Crippen molar-refractivity contribution < 1.29 is 27.4 Å². The second-order valence-electron chi connectivity index (χ2n) is 12.0. The monoisotopic (exact) mass is 578 g/mol. The first kappa shape index (κ1) is 26.1. The number of halogens is 3. The lowest BCUT2D eigenvalue weighted by Gasteiger charge is -2.15. The molecule has 5 aromatic rings. The van der Waals surface area contributed by atoms with E-state index in [1.165, 1.54) is 6.07 Å². The normalized spacial score (nSPS) is 19.8. The lowest BCUT2D eigenvalue weighted by atomic mass is 10.1. The molecule has 1 saturated carbocycles. The van der Waals surface area contributed by atoms with Crippen LogP contribution in [-0.2, 0) is 17.6 Å². The van der Waals surface area contributed by atoms with Crippen molar-refractivity contribution in [3.8, 4) is 17.2 Å². The Kier molecular flexibility index (Phi) is 5.95. The highest BCUT2D eigenvalue weighted by molar-refractivity contribution is 6.76. The van der Waals surface area contributed by atoms with E-state index in [9.17, 15) is 13.2 Å². The summed E-state index contributed by atoms with van der Waals surface area (Å²) in [6.07, 6.45) is -0.825. The molecule has 11 heteroatoms. The molecule has 2 aliphatic rings. The van der Waals surface area contributed by atoms with Gasteiger partial charge in [-0.1, -0.05) is 19.6 Å². The van der Waals surface area contributed by atoms with Gasteiger partial charge in [-0.2, -0.15) is 13.2 Å². The predicted molar refractivity (Wildman–Crippen MR) is 151 cm³/mol. The van der Waals surface area contributed by atoms with Crippen molar-refractivity contribution in [2.75, 3.05) is 6.61 Å². The molecule has 7 rings (SSSR count). The maximum absolute atomic E-state index is 13.2. The highest BCUT2D eigenvalue weighted by Crippen LogP contribution is 2.63. The summed E-state index contributed by atoms with van der Waals surface area (Å²) < 4.78 is 59.8. The van der Waals surface area contributed by atoms with Gasteiger partial charge in [-0.05, 0) is 54.6 Å². The molecule has 212 valence electrons. The maximum Gasteiger partial charge on any atom is 0.416 e. The molecule has 0 radical (unpaired) electrons. The summed E-state index contributed by atoms with van der Waals surface area (Å²) in [6.45, 7) is 8.15. The number of hydrogen-bond acceptors (Lipinski definition) is 5. The Morgan fingerprint density at radius 1 is 1.05 bits per heavy atom. The molecule has 2 aromatic carbocycles. The smallest absolute Gasteiger partial charge is 0.416 e. The van der Waals surface area contributed by atoms with Gasteiger partial charge in [-0.15, -0.1) is 0 Å². The number of pyridine rings is 1. The summed E-state index contributed by atoms with van der Waals surface area (Å²) in [5.41, 5.74) is 1.97. The van der Waals surface area contributed by atoms with Crippen molar-refractivity contribution in [1.29, 1.82) is 0 Å². The van der Waals surface area contributed by atoms with Crippen molar-refractivity contribution in [2.45, 2.75) is 56.5 Å². The van der Waals surface area contributed by atoms with Crippen LogP contribution in [-0.4, -0.2) is 40.3 Å². The van der Waals surface area contributed by atoms with E-state index in [-0.39, 0.29) is 17.9 Å². The Balaban J connectivity index is 1.08. The molecular formula is C30H29F3N4O3Si. The number of benzene rings is 2. The van der Waals surface area contributed by atoms with Gasteiger partial charge < -0.3 is 23.8 Å². The fourth-order valence-corrected chi connectivity index (χ4v) is 6.28. The average Bonchev–Trinajstić information content (AvgIpc) is 3.24. The van der Waals surface area contributed by atoms with Gasteiger partial charge >= 0.3 is 6.18 Å². The summed E-state index contributed by atoms with van der Waals surface area (Å²) in [7, 11) is -1.16. The molecule has 4 heterocycles. The van der Waals surface area contributed by atoms with Crippen LogP contribution in [0.2, 0.25) is 25.7 Å². The van der Waals surface area contributed by atoms with E-state index in [0.717, 1.165) is 47.1 Å². The van der Waals surface area contributed by atoms with E-state index in [1.54, 1.807) is 6.20 Å². The van der Waals surface area contributed by atoms with Crippen molar-refractivity contribution in [3.63, 3.8) is 0 Å². The summed E-state index contributed by atoms with van der Waals surface area (Å²) in [5.74, 6) is 2.79. The van der Waals surface area contributed by atoms with E-state index in [4.69, 9.17) is 14.2 Å². The van der Waals surface area contributed by atoms with E-state index >= 15 is 0 Å². The van der Waals surface area contributed by atoms with E-state index in [2.05, 4.69) is 34.6 Å². The fraction of sp³-hybridized carbons (Fsp3) is 0.333. The van der Waals surface area contributed by atoms with Crippen molar-refractivity contribution in [1.82, 2.24) is 19.5 Å². The highest BCUT2D eigenvalue weighted by Gasteiger charge is 2.61. The Morgan fingerprint density at radius 3 is 2.71 bits per heavy atom. The van der Waals surface area contributed by atoms with E-state index in [1.807, 2.05) is 41.1 Å². The Bertz CT molecular complexity index is 1770. The Labute approximate surface area is 235 Å². The SMILES string of the molecule is C[Si](C)(C)CCOCn1ccc2c(Oc3ccc4c(c3)C3C(O4)C3c3nc4ccc(C(F)(F)F)cc4[nH]3)ccnc21. The first-order chi connectivity index (χ1) is 19.5. The molecule has 1 N–H and O–H groups in total. The third-order valence-corrected chi connectivity index (χ3v) is 9.48. The number of imidazole rings is 1. The van der Waals surface area contributed by atoms with Crippen LogP contribution in [0.3, 0.4) is 0 Å². The van der Waals surface area contributed by atoms with Crippen LogP contribution in [0.4, 0.5) is 13.2 Å². The molecule has 41 heavy (non-hydrogen) atoms. The number of ether oxygens (including phenoxy) is 3. The van der Waals surface area contributed by atoms with Crippen LogP contribution in [0.25, 0.3) is 22.1 Å². The molecule has 3 atom stereocenters. The minimum atomic E-state index is -4.40. The van der Waals surface area contributed by atoms with Crippen LogP contribution in [0.15, 0.2) is 60.9 Å². The number of H-pyrrole nitrogens is 1. The molecule has 0 saturated heterocycles. The van der Waals surface area contributed by atoms with E-state index in [0.29, 0.717) is 35.1 Å². The quantitative estimate of drug-likeness (QED) is 0.151. The zero-order chi connectivity index (χ0) is 28.5. The summed E-state index contributed by atoms with van der Waals surface area (Å²) in [4.78, 5) is 12.2. The van der Waals surface area contributed by atoms with Crippen molar-refractivity contribution in [3.05, 3.63) is 77.9 Å². The van der Waals surface area contributed by atoms with Gasteiger partial charge in [-0.3, -0.25) is 0 Å². The minimum absolute atomic E-state index is 0.0536. The lowest BCUT2D eigenvalue weighted by molar-refractivity contribution is -0.137. The van der Waals surface area contributed by atoms with Crippen molar-refractivity contribution >= 4 is 30.1 Å². The molecule has 0 spiro atoms. The van der Waals surface area contributed by atoms with Crippen LogP contribution >= 0.6 is 0 Å². The third kappa shape index (κ3) is 4.86. The number of fused-ring (bicyclic) bond motifs is 5. The second-order valence-corrected chi connectivity index (χ2v) is 17.6. The zero-order valence-electron chi connectivity index (χ0n) is 22.8. The topological polar surface area (TPSA) is 74.2 Å². The number of aromatic nitrogens is 4. The number of aromatic amines is 1. The number of alkyl halides is 3. The number of rotatable bonds is 8. The molecule has 3 unspecified atom stereocenters. The Morgan fingerprint density at radius 2 is 1.90 bits per heavy atom. The largest absolute Gasteiger partial charge is 0.489 e. The van der Waals surface area contributed by atoms with Gasteiger partial charge in [0.15, 0.2) is 0 Å². The summed E-state index contributed by atoms with van der Waals surface area (Å²) >= 11 is 0. The van der Waals surface area contributed by atoms with Crippen LogP contribution < -0.4 is 9.47 Å². The van der Waals surface area contributed by atoms with Gasteiger partial charge in [-0.25, -0.2) is 9.97 Å². The number of nitrogens with zero attached hydrogens (tertiary/aromatic N) is 3. The first-order valence-corrected chi connectivity index (χ1v) is 17.3. The molecule has 1 fully saturated rings. The minimum Gasteiger partial charge on any atom is -0.489 e. The summed E-state index contributed by atoms with van der Waals surface area (Å²) in [6, 6.07) is 14.2. The highest BCUT2D eigenvalue weighted by atomic mass is 28.3. The predicted octanol–water partition coefficient (Wildman–Crippen LogP) is 7.68. The standard InChI is InChI=1S/C30H29F3N4O3Si/c1-41(2,3)13-12-38-16-37-11-9-19-24(8-10-34-29(19)37)39-18-5-7-23-20(15-18)25-26(27(25)40-23)28-35-21-6-4-17(30(31,32)33)14-22(21)36-28/h4-11,14-15,25-27H,12-13,16H2,1-3H3,(H,35,36). The molecule has 0 amide bonds. The van der Waals surface area contributed by atoms with Gasteiger partial charge in [0.1, 0.15) is 41.6 Å². The lowest BCUT2D eigenvalue weighted by Crippen LogP contribution is -2.22. The fourth-order valence-electron chi connectivity index (χ4n) is 5.52. The molecule has 7 nitrogen and oxygen atoms in total. The maximum atomic E-state index is 13.2. The molecule has 3 aromatic heterocycles. The number of nitrogens with one attached hydrogen (secondary N) is 1. The molecule has 0 bridgehead atoms. The average molecular weight is 579 g/mol. The Hall–Kier alpha value is -3.83. The second kappa shape index (κ2) is 9.35. The third-order valence-electron chi connectivity index (χ3n) is 7.78. The van der Waals surface area contributed by atoms with Gasteiger partial charge in [0.25, 0.3) is 0 Å². The van der Waals surface area contributed by atoms with Crippen molar-refractivity contribution in [2.24, 2.45) is 0 Å². The first-order valence-electron chi connectivity index (χ1n) is 13.6. The number of hydrogen-bond donors (Lipinski definition) is 1. The van der Waals surface area contributed by atoms with Gasteiger partial charge in [0.2, 0.25) is 0 Å². The van der Waals surface area contributed by atoms with Crippen LogP contribution in [0.1, 0.15) is 28.8 Å². The molecule has 1 aliphatic carbocycles.